The molecule has 1 aromatic carbocycles. The standard InChI is InChI=1S/C14H16FNO4S/c15-12-4-3-10(7-11(12)14(17)18)21(19,20)16-13-6-8-1-2-9(13)5-8/h3-4,7-9,13,16H,1-2,5-6H2,(H,17,18). The van der Waals surface area contributed by atoms with Crippen molar-refractivity contribution in [1.82, 2.24) is 4.72 Å². The van der Waals surface area contributed by atoms with E-state index in [-0.39, 0.29) is 10.9 Å². The van der Waals surface area contributed by atoms with Crippen molar-refractivity contribution in [3.63, 3.8) is 0 Å². The van der Waals surface area contributed by atoms with E-state index in [1.54, 1.807) is 0 Å². The van der Waals surface area contributed by atoms with E-state index in [0.717, 1.165) is 43.9 Å². The highest BCUT2D eigenvalue weighted by Crippen LogP contribution is 2.44. The van der Waals surface area contributed by atoms with Gasteiger partial charge in [0, 0.05) is 6.04 Å². The Morgan fingerprint density at radius 2 is 2.05 bits per heavy atom. The van der Waals surface area contributed by atoms with E-state index in [1.165, 1.54) is 0 Å². The Morgan fingerprint density at radius 3 is 2.62 bits per heavy atom. The summed E-state index contributed by atoms with van der Waals surface area (Å²) in [6, 6.07) is 2.75. The molecule has 3 unspecified atom stereocenters. The molecule has 3 atom stereocenters. The Labute approximate surface area is 122 Å². The number of halogens is 1. The minimum Gasteiger partial charge on any atom is -0.478 e. The third kappa shape index (κ3) is 2.67. The van der Waals surface area contributed by atoms with Gasteiger partial charge in [-0.25, -0.2) is 22.3 Å². The van der Waals surface area contributed by atoms with E-state index in [1.807, 2.05) is 0 Å². The van der Waals surface area contributed by atoms with Crippen LogP contribution in [-0.4, -0.2) is 25.5 Å². The molecule has 0 radical (unpaired) electrons. The molecule has 0 saturated heterocycles. The average molecular weight is 313 g/mol. The van der Waals surface area contributed by atoms with E-state index in [2.05, 4.69) is 4.72 Å². The van der Waals surface area contributed by atoms with Crippen molar-refractivity contribution in [2.24, 2.45) is 11.8 Å². The van der Waals surface area contributed by atoms with Crippen LogP contribution in [0.4, 0.5) is 4.39 Å². The van der Waals surface area contributed by atoms with Crippen molar-refractivity contribution in [2.45, 2.75) is 36.6 Å². The zero-order chi connectivity index (χ0) is 15.2. The second-order valence-corrected chi connectivity index (χ2v) is 7.56. The fourth-order valence-electron chi connectivity index (χ4n) is 3.49. The summed E-state index contributed by atoms with van der Waals surface area (Å²) in [6.07, 6.45) is 4.07. The second kappa shape index (κ2) is 5.06. The minimum atomic E-state index is -3.82. The van der Waals surface area contributed by atoms with Gasteiger partial charge in [-0.05, 0) is 49.3 Å². The molecule has 0 aliphatic heterocycles. The number of aromatic carboxylic acids is 1. The molecule has 3 rings (SSSR count). The maximum Gasteiger partial charge on any atom is 0.338 e. The number of fused-ring (bicyclic) bond motifs is 2. The Hall–Kier alpha value is -1.47. The molecule has 1 aromatic rings. The number of carbonyl (C=O) groups is 1. The van der Waals surface area contributed by atoms with E-state index in [9.17, 15) is 17.6 Å². The number of rotatable bonds is 4. The van der Waals surface area contributed by atoms with E-state index in [0.29, 0.717) is 11.8 Å². The molecule has 2 bridgehead atoms. The highest BCUT2D eigenvalue weighted by molar-refractivity contribution is 7.89. The third-order valence-corrected chi connectivity index (χ3v) is 6.01. The zero-order valence-corrected chi connectivity index (χ0v) is 12.1. The molecule has 0 aromatic heterocycles. The lowest BCUT2D eigenvalue weighted by atomic mass is 9.96. The predicted molar refractivity (Wildman–Crippen MR) is 72.9 cm³/mol. The normalized spacial score (nSPS) is 28.0. The summed E-state index contributed by atoms with van der Waals surface area (Å²) >= 11 is 0. The lowest BCUT2D eigenvalue weighted by Gasteiger charge is -2.22. The van der Waals surface area contributed by atoms with Gasteiger partial charge in [0.05, 0.1) is 10.5 Å². The first-order chi connectivity index (χ1) is 9.87. The van der Waals surface area contributed by atoms with E-state index >= 15 is 0 Å². The minimum absolute atomic E-state index is 0.0907. The predicted octanol–water partition coefficient (Wildman–Crippen LogP) is 1.99. The van der Waals surface area contributed by atoms with Crippen molar-refractivity contribution in [3.8, 4) is 0 Å². The number of nitrogens with one attached hydrogen (secondary N) is 1. The summed E-state index contributed by atoms with van der Waals surface area (Å²) in [5, 5.41) is 8.87. The topological polar surface area (TPSA) is 83.5 Å². The number of benzene rings is 1. The van der Waals surface area contributed by atoms with Crippen LogP contribution >= 0.6 is 0 Å². The molecule has 0 heterocycles. The molecule has 21 heavy (non-hydrogen) atoms. The number of carboxylic acid groups (broad SMARTS) is 1. The van der Waals surface area contributed by atoms with Gasteiger partial charge in [0.1, 0.15) is 5.82 Å². The molecule has 2 aliphatic carbocycles. The highest BCUT2D eigenvalue weighted by Gasteiger charge is 2.41. The van der Waals surface area contributed by atoms with Gasteiger partial charge in [-0.1, -0.05) is 6.42 Å². The molecule has 114 valence electrons. The van der Waals surface area contributed by atoms with Crippen molar-refractivity contribution >= 4 is 16.0 Å². The quantitative estimate of drug-likeness (QED) is 0.890. The maximum atomic E-state index is 13.3. The molecule has 0 spiro atoms. The van der Waals surface area contributed by atoms with Gasteiger partial charge < -0.3 is 5.11 Å². The fourth-order valence-corrected chi connectivity index (χ4v) is 4.84. The first kappa shape index (κ1) is 14.5. The van der Waals surface area contributed by atoms with E-state index < -0.39 is 27.4 Å². The Kier molecular flexibility index (Phi) is 3.49. The van der Waals surface area contributed by atoms with Crippen LogP contribution in [-0.2, 0) is 10.0 Å². The molecule has 7 heteroatoms. The number of hydrogen-bond acceptors (Lipinski definition) is 3. The molecule has 0 amide bonds. The fraction of sp³-hybridized carbons (Fsp3) is 0.500. The number of hydrogen-bond donors (Lipinski definition) is 2. The molecule has 2 fully saturated rings. The Balaban J connectivity index is 1.85. The lowest BCUT2D eigenvalue weighted by Crippen LogP contribution is -2.38. The zero-order valence-electron chi connectivity index (χ0n) is 11.3. The summed E-state index contributed by atoms with van der Waals surface area (Å²) < 4.78 is 40.6. The van der Waals surface area contributed by atoms with Crippen LogP contribution in [0.1, 0.15) is 36.0 Å². The number of carboxylic acids is 1. The van der Waals surface area contributed by atoms with Gasteiger partial charge in [-0.2, -0.15) is 0 Å². The Bertz CT molecular complexity index is 688. The van der Waals surface area contributed by atoms with Crippen LogP contribution in [0.5, 0.6) is 0 Å². The summed E-state index contributed by atoms with van der Waals surface area (Å²) in [5.74, 6) is -1.47. The molecule has 2 N–H and O–H groups in total. The van der Waals surface area contributed by atoms with Gasteiger partial charge in [-0.3, -0.25) is 0 Å². The van der Waals surface area contributed by atoms with Crippen LogP contribution < -0.4 is 4.72 Å². The first-order valence-electron chi connectivity index (χ1n) is 6.92. The molecule has 5 nitrogen and oxygen atoms in total. The molecular formula is C14H16FNO4S. The smallest absolute Gasteiger partial charge is 0.338 e. The molecule has 2 aliphatic rings. The second-order valence-electron chi connectivity index (χ2n) is 5.85. The van der Waals surface area contributed by atoms with Gasteiger partial charge in [-0.15, -0.1) is 0 Å². The van der Waals surface area contributed by atoms with Gasteiger partial charge in [0.25, 0.3) is 0 Å². The average Bonchev–Trinajstić information content (AvgIpc) is 3.00. The largest absolute Gasteiger partial charge is 0.478 e. The summed E-state index contributed by atoms with van der Waals surface area (Å²) in [5.41, 5.74) is -0.634. The van der Waals surface area contributed by atoms with Crippen molar-refractivity contribution in [3.05, 3.63) is 29.6 Å². The van der Waals surface area contributed by atoms with Crippen molar-refractivity contribution in [1.29, 1.82) is 0 Å². The molecule has 2 saturated carbocycles. The van der Waals surface area contributed by atoms with Crippen molar-refractivity contribution in [2.75, 3.05) is 0 Å². The summed E-state index contributed by atoms with van der Waals surface area (Å²) in [7, 11) is -3.82. The summed E-state index contributed by atoms with van der Waals surface area (Å²) in [4.78, 5) is 10.7. The third-order valence-electron chi connectivity index (χ3n) is 4.52. The van der Waals surface area contributed by atoms with Crippen LogP contribution in [0.25, 0.3) is 0 Å². The number of sulfonamides is 1. The summed E-state index contributed by atoms with van der Waals surface area (Å²) in [6.45, 7) is 0. The van der Waals surface area contributed by atoms with Gasteiger partial charge in [0.15, 0.2) is 0 Å². The van der Waals surface area contributed by atoms with Gasteiger partial charge in [0.2, 0.25) is 10.0 Å². The van der Waals surface area contributed by atoms with Gasteiger partial charge >= 0.3 is 5.97 Å². The van der Waals surface area contributed by atoms with Crippen LogP contribution in [0, 0.1) is 17.7 Å². The van der Waals surface area contributed by atoms with Crippen LogP contribution in [0.2, 0.25) is 0 Å². The van der Waals surface area contributed by atoms with E-state index in [4.69, 9.17) is 5.11 Å². The van der Waals surface area contributed by atoms with Crippen molar-refractivity contribution < 1.29 is 22.7 Å². The maximum absolute atomic E-state index is 13.3. The molecular weight excluding hydrogens is 297 g/mol. The highest BCUT2D eigenvalue weighted by atomic mass is 32.2. The monoisotopic (exact) mass is 313 g/mol. The first-order valence-corrected chi connectivity index (χ1v) is 8.40. The lowest BCUT2D eigenvalue weighted by molar-refractivity contribution is 0.0691. The SMILES string of the molecule is O=C(O)c1cc(S(=O)(=O)NC2CC3CCC2C3)ccc1F. The Morgan fingerprint density at radius 1 is 1.29 bits per heavy atom. The van der Waals surface area contributed by atoms with Crippen LogP contribution in [0.3, 0.4) is 0 Å². The van der Waals surface area contributed by atoms with Crippen LogP contribution in [0.15, 0.2) is 23.1 Å².